The summed E-state index contributed by atoms with van der Waals surface area (Å²) in [4.78, 5) is 24.5. The number of benzene rings is 1. The first-order chi connectivity index (χ1) is 18.4. The summed E-state index contributed by atoms with van der Waals surface area (Å²) in [5.41, 5.74) is 4.68. The van der Waals surface area contributed by atoms with E-state index in [4.69, 9.17) is 19.8 Å². The van der Waals surface area contributed by atoms with E-state index in [0.29, 0.717) is 22.6 Å². The predicted molar refractivity (Wildman–Crippen MR) is 153 cm³/mol. The number of ether oxygens (including phenoxy) is 1. The molecule has 0 spiro atoms. The van der Waals surface area contributed by atoms with Crippen molar-refractivity contribution in [3.8, 4) is 22.6 Å². The van der Waals surface area contributed by atoms with Gasteiger partial charge in [-0.3, -0.25) is 0 Å². The number of carboxylic acid groups (broad SMARTS) is 1. The van der Waals surface area contributed by atoms with E-state index in [2.05, 4.69) is 18.7 Å². The van der Waals surface area contributed by atoms with Crippen LogP contribution in [-0.4, -0.2) is 49.3 Å². The highest BCUT2D eigenvalue weighted by atomic mass is 16.5. The van der Waals surface area contributed by atoms with Crippen molar-refractivity contribution in [2.75, 3.05) is 18.0 Å². The minimum absolute atomic E-state index is 0.225. The number of carboxylic acids is 1. The maximum Gasteiger partial charge on any atom is 0.337 e. The Bertz CT molecular complexity index is 1490. The smallest absolute Gasteiger partial charge is 0.337 e. The Kier molecular flexibility index (Phi) is 6.93. The summed E-state index contributed by atoms with van der Waals surface area (Å²) >= 11 is 0. The predicted octanol–water partition coefficient (Wildman–Crippen LogP) is 6.33. The summed E-state index contributed by atoms with van der Waals surface area (Å²) in [7, 11) is 0. The molecule has 204 valence electrons. The van der Waals surface area contributed by atoms with Crippen LogP contribution in [-0.2, 0) is 9.53 Å². The van der Waals surface area contributed by atoms with Gasteiger partial charge in [0.1, 0.15) is 11.5 Å². The first kappa shape index (κ1) is 26.8. The molecule has 4 heterocycles. The van der Waals surface area contributed by atoms with Gasteiger partial charge in [0.05, 0.1) is 22.6 Å². The molecule has 1 atom stereocenters. The van der Waals surface area contributed by atoms with Gasteiger partial charge in [0.25, 0.3) is 0 Å². The Morgan fingerprint density at radius 1 is 0.974 bits per heavy atom. The van der Waals surface area contributed by atoms with Crippen LogP contribution in [0, 0.1) is 12.3 Å². The lowest BCUT2D eigenvalue weighted by atomic mass is 9.82. The third-order valence-corrected chi connectivity index (χ3v) is 7.26. The Morgan fingerprint density at radius 3 is 2.28 bits per heavy atom. The Morgan fingerprint density at radius 2 is 1.64 bits per heavy atom. The molecule has 39 heavy (non-hydrogen) atoms. The first-order valence-corrected chi connectivity index (χ1v) is 13.5. The number of hydrogen-bond acceptors (Lipinski definition) is 6. The largest absolute Gasteiger partial charge is 0.479 e. The number of carbonyl (C=O) groups is 1. The molecule has 8 heteroatoms. The Labute approximate surface area is 229 Å². The van der Waals surface area contributed by atoms with Crippen molar-refractivity contribution in [3.05, 3.63) is 65.9 Å². The number of aliphatic carboxylic acids is 1. The average Bonchev–Trinajstić information content (AvgIpc) is 3.30. The standard InChI is InChI=1S/C31H37N5O3/c1-20-26(27(29(37)38)39-30(2,3)4)28(35-17-15-31(5,6)16-18-35)36-25(32-20)19-24(34-36)23-14-10-13-22(33-23)21-11-8-7-9-12-21/h7-14,19,27H,15-18H2,1-6H3,(H,37,38)/t27-/m0/s1. The molecule has 4 aromatic rings. The van der Waals surface area contributed by atoms with Gasteiger partial charge in [-0.2, -0.15) is 9.61 Å². The van der Waals surface area contributed by atoms with Crippen molar-refractivity contribution in [3.63, 3.8) is 0 Å². The maximum absolute atomic E-state index is 12.6. The highest BCUT2D eigenvalue weighted by Gasteiger charge is 2.36. The van der Waals surface area contributed by atoms with Gasteiger partial charge in [0, 0.05) is 30.4 Å². The molecule has 0 radical (unpaired) electrons. The number of fused-ring (bicyclic) bond motifs is 1. The number of anilines is 1. The van der Waals surface area contributed by atoms with Crippen LogP contribution in [0.25, 0.3) is 28.3 Å². The molecule has 1 aliphatic heterocycles. The minimum Gasteiger partial charge on any atom is -0.479 e. The topological polar surface area (TPSA) is 92.9 Å². The maximum atomic E-state index is 12.6. The van der Waals surface area contributed by atoms with Crippen LogP contribution in [0.2, 0.25) is 0 Å². The van der Waals surface area contributed by atoms with Crippen LogP contribution >= 0.6 is 0 Å². The second kappa shape index (κ2) is 10.1. The van der Waals surface area contributed by atoms with Gasteiger partial charge in [-0.1, -0.05) is 50.2 Å². The number of rotatable bonds is 6. The van der Waals surface area contributed by atoms with Gasteiger partial charge in [-0.25, -0.2) is 14.8 Å². The molecular formula is C31H37N5O3. The monoisotopic (exact) mass is 527 g/mol. The number of piperidine rings is 1. The second-order valence-corrected chi connectivity index (χ2v) is 12.1. The first-order valence-electron chi connectivity index (χ1n) is 13.5. The van der Waals surface area contributed by atoms with Crippen molar-refractivity contribution in [2.45, 2.75) is 66.1 Å². The summed E-state index contributed by atoms with van der Waals surface area (Å²) in [5.74, 6) is -0.313. The lowest BCUT2D eigenvalue weighted by Gasteiger charge is -2.39. The molecule has 0 aliphatic carbocycles. The van der Waals surface area contributed by atoms with Crippen LogP contribution in [0.4, 0.5) is 5.82 Å². The molecule has 0 amide bonds. The number of nitrogens with zero attached hydrogens (tertiary/aromatic N) is 5. The van der Waals surface area contributed by atoms with Gasteiger partial charge in [-0.15, -0.1) is 0 Å². The lowest BCUT2D eigenvalue weighted by molar-refractivity contribution is -0.160. The minimum atomic E-state index is -1.18. The zero-order valence-electron chi connectivity index (χ0n) is 23.6. The van der Waals surface area contributed by atoms with E-state index in [1.807, 2.05) is 82.3 Å². The highest BCUT2D eigenvalue weighted by molar-refractivity contribution is 5.79. The van der Waals surface area contributed by atoms with Crippen LogP contribution in [0.15, 0.2) is 54.6 Å². The van der Waals surface area contributed by atoms with Crippen molar-refractivity contribution in [2.24, 2.45) is 5.41 Å². The summed E-state index contributed by atoms with van der Waals surface area (Å²) in [5, 5.41) is 15.3. The number of aryl methyl sites for hydroxylation is 1. The molecule has 3 aromatic heterocycles. The molecule has 0 unspecified atom stereocenters. The van der Waals surface area contributed by atoms with Crippen molar-refractivity contribution < 1.29 is 14.6 Å². The van der Waals surface area contributed by atoms with Crippen LogP contribution in [0.3, 0.4) is 0 Å². The molecule has 1 aliphatic rings. The number of aromatic nitrogens is 4. The van der Waals surface area contributed by atoms with E-state index in [0.717, 1.165) is 48.7 Å². The molecule has 1 saturated heterocycles. The molecule has 8 nitrogen and oxygen atoms in total. The van der Waals surface area contributed by atoms with Crippen molar-refractivity contribution >= 4 is 17.4 Å². The van der Waals surface area contributed by atoms with E-state index in [1.165, 1.54) is 0 Å². The fourth-order valence-electron chi connectivity index (χ4n) is 5.11. The highest BCUT2D eigenvalue weighted by Crippen LogP contribution is 2.39. The third-order valence-electron chi connectivity index (χ3n) is 7.26. The zero-order chi connectivity index (χ0) is 27.9. The molecular weight excluding hydrogens is 490 g/mol. The van der Waals surface area contributed by atoms with Gasteiger partial charge in [0.15, 0.2) is 11.8 Å². The lowest BCUT2D eigenvalue weighted by Crippen LogP contribution is -2.40. The van der Waals surface area contributed by atoms with E-state index in [1.54, 1.807) is 4.52 Å². The summed E-state index contributed by atoms with van der Waals surface area (Å²) in [6.07, 6.45) is 0.795. The second-order valence-electron chi connectivity index (χ2n) is 12.1. The van der Waals surface area contributed by atoms with E-state index < -0.39 is 17.7 Å². The third kappa shape index (κ3) is 5.66. The van der Waals surface area contributed by atoms with E-state index in [9.17, 15) is 9.90 Å². The SMILES string of the molecule is Cc1nc2cc(-c3cccc(-c4ccccc4)n3)nn2c(N2CCC(C)(C)CC2)c1[C@H](OC(C)(C)C)C(=O)O. The van der Waals surface area contributed by atoms with Gasteiger partial charge >= 0.3 is 5.97 Å². The van der Waals surface area contributed by atoms with Crippen LogP contribution in [0.5, 0.6) is 0 Å². The quantitative estimate of drug-likeness (QED) is 0.313. The van der Waals surface area contributed by atoms with E-state index in [-0.39, 0.29) is 5.41 Å². The molecule has 5 rings (SSSR count). The van der Waals surface area contributed by atoms with Gasteiger partial charge < -0.3 is 14.7 Å². The van der Waals surface area contributed by atoms with Crippen LogP contribution < -0.4 is 4.90 Å². The zero-order valence-corrected chi connectivity index (χ0v) is 23.6. The van der Waals surface area contributed by atoms with Crippen molar-refractivity contribution in [1.82, 2.24) is 19.6 Å². The summed E-state index contributed by atoms with van der Waals surface area (Å²) in [6, 6.07) is 17.9. The normalized spacial score (nSPS) is 16.4. The Balaban J connectivity index is 1.68. The fourth-order valence-corrected chi connectivity index (χ4v) is 5.11. The Hall–Kier alpha value is -3.78. The molecule has 1 N–H and O–H groups in total. The molecule has 0 saturated carbocycles. The molecule has 1 fully saturated rings. The van der Waals surface area contributed by atoms with Gasteiger partial charge in [0.2, 0.25) is 0 Å². The average molecular weight is 528 g/mol. The van der Waals surface area contributed by atoms with Crippen molar-refractivity contribution in [1.29, 1.82) is 0 Å². The number of pyridine rings is 1. The van der Waals surface area contributed by atoms with Gasteiger partial charge in [-0.05, 0) is 58.1 Å². The summed E-state index contributed by atoms with van der Waals surface area (Å²) < 4.78 is 7.91. The molecule has 0 bridgehead atoms. The fraction of sp³-hybridized carbons (Fsp3) is 0.419. The molecule has 1 aromatic carbocycles. The van der Waals surface area contributed by atoms with E-state index >= 15 is 0 Å². The van der Waals surface area contributed by atoms with Crippen LogP contribution in [0.1, 0.15) is 64.8 Å². The number of hydrogen-bond donors (Lipinski definition) is 1. The summed E-state index contributed by atoms with van der Waals surface area (Å²) in [6.45, 7) is 13.6.